The van der Waals surface area contributed by atoms with Crippen LogP contribution in [0.2, 0.25) is 0 Å². The van der Waals surface area contributed by atoms with Crippen LogP contribution in [-0.4, -0.2) is 24.7 Å². The van der Waals surface area contributed by atoms with Gasteiger partial charge in [-0.3, -0.25) is 0 Å². The summed E-state index contributed by atoms with van der Waals surface area (Å²) in [6.07, 6.45) is 2.61. The van der Waals surface area contributed by atoms with E-state index in [4.69, 9.17) is 10.5 Å². The van der Waals surface area contributed by atoms with Crippen molar-refractivity contribution in [2.24, 2.45) is 11.7 Å². The highest BCUT2D eigenvalue weighted by Gasteiger charge is 2.24. The monoisotopic (exact) mass is 279 g/mol. The first-order valence-electron chi connectivity index (χ1n) is 7.27. The number of aryl methyl sites for hydroxylation is 1. The van der Waals surface area contributed by atoms with Crippen LogP contribution in [-0.2, 0) is 0 Å². The standard InChI is InChI=1S/C16H25NOS/c1-3-18-16-5-4-14(10-12(16)2)15(11-17)13-6-8-19-9-7-13/h4-5,10,13,15H,3,6-9,11,17H2,1-2H3. The molecule has 0 aromatic heterocycles. The zero-order valence-electron chi connectivity index (χ0n) is 12.0. The van der Waals surface area contributed by atoms with Crippen LogP contribution in [0.3, 0.4) is 0 Å². The van der Waals surface area contributed by atoms with E-state index < -0.39 is 0 Å². The van der Waals surface area contributed by atoms with Gasteiger partial charge in [0.25, 0.3) is 0 Å². The lowest BCUT2D eigenvalue weighted by atomic mass is 9.82. The normalized spacial score (nSPS) is 18.3. The Balaban J connectivity index is 2.15. The van der Waals surface area contributed by atoms with Gasteiger partial charge in [0.2, 0.25) is 0 Å². The number of hydrogen-bond acceptors (Lipinski definition) is 3. The third-order valence-electron chi connectivity index (χ3n) is 4.02. The maximum Gasteiger partial charge on any atom is 0.122 e. The molecule has 1 fully saturated rings. The third kappa shape index (κ3) is 3.67. The van der Waals surface area contributed by atoms with E-state index in [2.05, 4.69) is 36.9 Å². The van der Waals surface area contributed by atoms with Gasteiger partial charge in [-0.25, -0.2) is 0 Å². The first kappa shape index (κ1) is 14.7. The molecule has 0 bridgehead atoms. The van der Waals surface area contributed by atoms with Gasteiger partial charge >= 0.3 is 0 Å². The molecule has 1 aromatic carbocycles. The van der Waals surface area contributed by atoms with E-state index in [0.29, 0.717) is 5.92 Å². The summed E-state index contributed by atoms with van der Waals surface area (Å²) in [5, 5.41) is 0. The highest BCUT2D eigenvalue weighted by atomic mass is 32.2. The lowest BCUT2D eigenvalue weighted by Crippen LogP contribution is -2.25. The van der Waals surface area contributed by atoms with Crippen molar-refractivity contribution in [3.8, 4) is 5.75 Å². The Hall–Kier alpha value is -0.670. The Labute approximate surface area is 121 Å². The Bertz CT molecular complexity index is 402. The lowest BCUT2D eigenvalue weighted by molar-refractivity contribution is 0.337. The van der Waals surface area contributed by atoms with Crippen molar-refractivity contribution in [3.05, 3.63) is 29.3 Å². The molecule has 3 heteroatoms. The SMILES string of the molecule is CCOc1ccc(C(CN)C2CCSCC2)cc1C. The fourth-order valence-corrected chi connectivity index (χ4v) is 4.08. The molecule has 19 heavy (non-hydrogen) atoms. The summed E-state index contributed by atoms with van der Waals surface area (Å²) in [6, 6.07) is 6.58. The molecule has 2 rings (SSSR count). The minimum atomic E-state index is 0.510. The van der Waals surface area contributed by atoms with Gasteiger partial charge in [0.15, 0.2) is 0 Å². The predicted molar refractivity (Wildman–Crippen MR) is 84.2 cm³/mol. The van der Waals surface area contributed by atoms with E-state index in [-0.39, 0.29) is 0 Å². The molecule has 1 saturated heterocycles. The van der Waals surface area contributed by atoms with Crippen molar-refractivity contribution < 1.29 is 4.74 Å². The van der Waals surface area contributed by atoms with Gasteiger partial charge in [0.05, 0.1) is 6.61 Å². The van der Waals surface area contributed by atoms with Gasteiger partial charge < -0.3 is 10.5 Å². The van der Waals surface area contributed by atoms with Crippen molar-refractivity contribution >= 4 is 11.8 Å². The molecule has 0 aliphatic carbocycles. The highest BCUT2D eigenvalue weighted by Crippen LogP contribution is 2.35. The molecule has 2 nitrogen and oxygen atoms in total. The first-order valence-corrected chi connectivity index (χ1v) is 8.42. The molecule has 2 N–H and O–H groups in total. The van der Waals surface area contributed by atoms with Gasteiger partial charge in [0.1, 0.15) is 5.75 Å². The minimum Gasteiger partial charge on any atom is -0.494 e. The van der Waals surface area contributed by atoms with Crippen molar-refractivity contribution in [2.75, 3.05) is 24.7 Å². The zero-order valence-corrected chi connectivity index (χ0v) is 12.8. The second-order valence-electron chi connectivity index (χ2n) is 5.25. The van der Waals surface area contributed by atoms with Crippen molar-refractivity contribution in [1.82, 2.24) is 0 Å². The second-order valence-corrected chi connectivity index (χ2v) is 6.47. The fraction of sp³-hybridized carbons (Fsp3) is 0.625. The van der Waals surface area contributed by atoms with E-state index in [9.17, 15) is 0 Å². The molecule has 1 aliphatic rings. The Morgan fingerprint density at radius 1 is 1.37 bits per heavy atom. The number of hydrogen-bond donors (Lipinski definition) is 1. The topological polar surface area (TPSA) is 35.2 Å². The number of ether oxygens (including phenoxy) is 1. The van der Waals surface area contributed by atoms with Crippen molar-refractivity contribution in [1.29, 1.82) is 0 Å². The van der Waals surface area contributed by atoms with E-state index in [1.165, 1.54) is 35.5 Å². The fourth-order valence-electron chi connectivity index (χ4n) is 2.94. The average Bonchev–Trinajstić information content (AvgIpc) is 2.44. The predicted octanol–water partition coefficient (Wildman–Crippen LogP) is 3.58. The first-order chi connectivity index (χ1) is 9.26. The lowest BCUT2D eigenvalue weighted by Gasteiger charge is -2.30. The van der Waals surface area contributed by atoms with Gasteiger partial charge in [0, 0.05) is 0 Å². The smallest absolute Gasteiger partial charge is 0.122 e. The quantitative estimate of drug-likeness (QED) is 0.895. The average molecular weight is 279 g/mol. The van der Waals surface area contributed by atoms with Gasteiger partial charge in [-0.05, 0) is 73.8 Å². The van der Waals surface area contributed by atoms with Crippen LogP contribution in [0, 0.1) is 12.8 Å². The Morgan fingerprint density at radius 3 is 2.68 bits per heavy atom. The van der Waals surface area contributed by atoms with Crippen molar-refractivity contribution in [3.63, 3.8) is 0 Å². The van der Waals surface area contributed by atoms with Crippen LogP contribution in [0.1, 0.15) is 36.8 Å². The van der Waals surface area contributed by atoms with Crippen LogP contribution >= 0.6 is 11.8 Å². The Kier molecular flexibility index (Phi) is 5.59. The maximum absolute atomic E-state index is 6.04. The van der Waals surface area contributed by atoms with Gasteiger partial charge in [-0.2, -0.15) is 11.8 Å². The number of rotatable bonds is 5. The summed E-state index contributed by atoms with van der Waals surface area (Å²) in [6.45, 7) is 5.62. The molecular formula is C16H25NOS. The molecule has 1 aliphatic heterocycles. The Morgan fingerprint density at radius 2 is 2.11 bits per heavy atom. The molecule has 1 heterocycles. The molecule has 1 aromatic rings. The highest BCUT2D eigenvalue weighted by molar-refractivity contribution is 7.99. The van der Waals surface area contributed by atoms with Crippen molar-refractivity contribution in [2.45, 2.75) is 32.6 Å². The largest absolute Gasteiger partial charge is 0.494 e. The molecule has 0 amide bonds. The van der Waals surface area contributed by atoms with E-state index in [0.717, 1.165) is 24.8 Å². The van der Waals surface area contributed by atoms with Crippen LogP contribution in [0.25, 0.3) is 0 Å². The van der Waals surface area contributed by atoms with Crippen LogP contribution in [0.5, 0.6) is 5.75 Å². The summed E-state index contributed by atoms with van der Waals surface area (Å²) >= 11 is 2.07. The summed E-state index contributed by atoms with van der Waals surface area (Å²) in [7, 11) is 0. The molecule has 0 saturated carbocycles. The van der Waals surface area contributed by atoms with Gasteiger partial charge in [-0.1, -0.05) is 12.1 Å². The molecule has 106 valence electrons. The van der Waals surface area contributed by atoms with Crippen LogP contribution < -0.4 is 10.5 Å². The summed E-state index contributed by atoms with van der Waals surface area (Å²) in [4.78, 5) is 0. The summed E-state index contributed by atoms with van der Waals surface area (Å²) < 4.78 is 5.62. The zero-order chi connectivity index (χ0) is 13.7. The molecule has 0 radical (unpaired) electrons. The summed E-state index contributed by atoms with van der Waals surface area (Å²) in [5.41, 5.74) is 8.66. The molecule has 0 spiro atoms. The minimum absolute atomic E-state index is 0.510. The van der Waals surface area contributed by atoms with E-state index in [1.807, 2.05) is 6.92 Å². The molecule has 1 atom stereocenters. The number of nitrogens with two attached hydrogens (primary N) is 1. The van der Waals surface area contributed by atoms with E-state index in [1.54, 1.807) is 0 Å². The second kappa shape index (κ2) is 7.20. The molecular weight excluding hydrogens is 254 g/mol. The van der Waals surface area contributed by atoms with Gasteiger partial charge in [-0.15, -0.1) is 0 Å². The van der Waals surface area contributed by atoms with Crippen LogP contribution in [0.15, 0.2) is 18.2 Å². The molecule has 1 unspecified atom stereocenters. The third-order valence-corrected chi connectivity index (χ3v) is 5.06. The summed E-state index contributed by atoms with van der Waals surface area (Å²) in [5.74, 6) is 4.84. The number of benzene rings is 1. The number of thioether (sulfide) groups is 1. The maximum atomic E-state index is 6.04. The van der Waals surface area contributed by atoms with E-state index >= 15 is 0 Å². The van der Waals surface area contributed by atoms with Crippen LogP contribution in [0.4, 0.5) is 0 Å².